The lowest BCUT2D eigenvalue weighted by molar-refractivity contribution is -0.148. The summed E-state index contributed by atoms with van der Waals surface area (Å²) in [7, 11) is -2.25. The van der Waals surface area contributed by atoms with Crippen molar-refractivity contribution in [3.63, 3.8) is 0 Å². The molecule has 214 valence electrons. The number of fused-ring (bicyclic) bond motifs is 1. The third-order valence-electron chi connectivity index (χ3n) is 6.90. The molecule has 1 fully saturated rings. The van der Waals surface area contributed by atoms with Gasteiger partial charge in [-0.1, -0.05) is 0 Å². The number of pyridine rings is 1. The molecule has 0 aliphatic carbocycles. The second kappa shape index (κ2) is 12.0. The van der Waals surface area contributed by atoms with Crippen LogP contribution in [0.15, 0.2) is 34.7 Å². The van der Waals surface area contributed by atoms with Crippen molar-refractivity contribution in [2.45, 2.75) is 51.5 Å². The Balaban J connectivity index is 1.64. The number of carbonyl (C=O) groups excluding carboxylic acids is 2. The number of carbonyl (C=O) groups is 3. The maximum absolute atomic E-state index is 13.5. The van der Waals surface area contributed by atoms with E-state index >= 15 is 0 Å². The van der Waals surface area contributed by atoms with Crippen LogP contribution in [0.1, 0.15) is 54.9 Å². The molecule has 4 rings (SSSR count). The summed E-state index contributed by atoms with van der Waals surface area (Å²) in [5.41, 5.74) is 1.14. The van der Waals surface area contributed by atoms with Crippen molar-refractivity contribution in [3.8, 4) is 11.3 Å². The quantitative estimate of drug-likeness (QED) is 0.293. The SMILES string of the molecule is CCS(=O)(=O)Nc1nc2oc(-c3ccc(F)cc3)c(C(=O)NC)c2cc1CCCCC(=O)N1CCC[C@H]1C(=O)O. The predicted molar refractivity (Wildman–Crippen MR) is 146 cm³/mol. The number of unbranched alkanes of at least 4 members (excludes halogenated alkanes) is 1. The molecule has 40 heavy (non-hydrogen) atoms. The third-order valence-corrected chi connectivity index (χ3v) is 8.16. The number of aryl methyl sites for hydroxylation is 1. The van der Waals surface area contributed by atoms with Gasteiger partial charge in [-0.25, -0.2) is 17.6 Å². The van der Waals surface area contributed by atoms with E-state index in [1.165, 1.54) is 43.1 Å². The summed E-state index contributed by atoms with van der Waals surface area (Å²) >= 11 is 0. The first-order valence-corrected chi connectivity index (χ1v) is 14.7. The van der Waals surface area contributed by atoms with Crippen molar-refractivity contribution in [1.29, 1.82) is 0 Å². The zero-order valence-corrected chi connectivity index (χ0v) is 23.0. The molecule has 3 heterocycles. The molecule has 0 bridgehead atoms. The second-order valence-corrected chi connectivity index (χ2v) is 11.5. The molecule has 2 amide bonds. The maximum atomic E-state index is 13.5. The molecular formula is C27H31FN4O7S. The number of likely N-dealkylation sites (tertiary alicyclic amines) is 1. The first-order valence-electron chi connectivity index (χ1n) is 13.0. The number of anilines is 1. The number of furan rings is 1. The van der Waals surface area contributed by atoms with E-state index in [4.69, 9.17) is 4.42 Å². The third kappa shape index (κ3) is 6.24. The Morgan fingerprint density at radius 3 is 2.58 bits per heavy atom. The number of nitrogens with zero attached hydrogens (tertiary/aromatic N) is 2. The number of amides is 2. The number of aromatic nitrogens is 1. The van der Waals surface area contributed by atoms with Gasteiger partial charge in [0.05, 0.1) is 16.7 Å². The molecule has 0 unspecified atom stereocenters. The Bertz CT molecular complexity index is 1540. The normalized spacial score (nSPS) is 15.4. The van der Waals surface area contributed by atoms with Crippen molar-refractivity contribution in [1.82, 2.24) is 15.2 Å². The average molecular weight is 575 g/mol. The van der Waals surface area contributed by atoms with Crippen LogP contribution >= 0.6 is 0 Å². The number of aliphatic carboxylic acids is 1. The number of hydrogen-bond acceptors (Lipinski definition) is 7. The molecular weight excluding hydrogens is 543 g/mol. The zero-order chi connectivity index (χ0) is 29.0. The molecule has 2 aromatic heterocycles. The largest absolute Gasteiger partial charge is 0.480 e. The molecule has 3 N–H and O–H groups in total. The van der Waals surface area contributed by atoms with Crippen LogP contribution in [0.3, 0.4) is 0 Å². The van der Waals surface area contributed by atoms with Crippen molar-refractivity contribution in [2.75, 3.05) is 24.1 Å². The Kier molecular flexibility index (Phi) is 8.72. The van der Waals surface area contributed by atoms with Crippen molar-refractivity contribution < 1.29 is 36.7 Å². The molecule has 1 atom stereocenters. The van der Waals surface area contributed by atoms with Gasteiger partial charge in [0, 0.05) is 25.6 Å². The van der Waals surface area contributed by atoms with E-state index in [0.29, 0.717) is 55.2 Å². The highest BCUT2D eigenvalue weighted by molar-refractivity contribution is 7.92. The number of hydrogen-bond donors (Lipinski definition) is 3. The summed E-state index contributed by atoms with van der Waals surface area (Å²) in [6.45, 7) is 1.90. The summed E-state index contributed by atoms with van der Waals surface area (Å²) in [4.78, 5) is 42.7. The molecule has 13 heteroatoms. The van der Waals surface area contributed by atoms with E-state index in [-0.39, 0.29) is 40.9 Å². The molecule has 1 aliphatic heterocycles. The van der Waals surface area contributed by atoms with Gasteiger partial charge in [0.1, 0.15) is 23.4 Å². The van der Waals surface area contributed by atoms with Crippen LogP contribution in [0, 0.1) is 5.82 Å². The van der Waals surface area contributed by atoms with Crippen LogP contribution in [0.5, 0.6) is 0 Å². The van der Waals surface area contributed by atoms with Gasteiger partial charge < -0.3 is 19.7 Å². The lowest BCUT2D eigenvalue weighted by Crippen LogP contribution is -2.40. The van der Waals surface area contributed by atoms with Gasteiger partial charge in [-0.2, -0.15) is 4.98 Å². The Morgan fingerprint density at radius 2 is 1.93 bits per heavy atom. The summed E-state index contributed by atoms with van der Waals surface area (Å²) in [6, 6.07) is 6.24. The van der Waals surface area contributed by atoms with Gasteiger partial charge in [0.2, 0.25) is 21.6 Å². The molecule has 11 nitrogen and oxygen atoms in total. The summed E-state index contributed by atoms with van der Waals surface area (Å²) < 4.78 is 46.7. The molecule has 0 radical (unpaired) electrons. The fourth-order valence-electron chi connectivity index (χ4n) is 4.78. The topological polar surface area (TPSA) is 159 Å². The smallest absolute Gasteiger partial charge is 0.326 e. The average Bonchev–Trinajstić information content (AvgIpc) is 3.56. The van der Waals surface area contributed by atoms with Crippen molar-refractivity contribution in [2.24, 2.45) is 0 Å². The Morgan fingerprint density at radius 1 is 1.20 bits per heavy atom. The first-order chi connectivity index (χ1) is 19.0. The van der Waals surface area contributed by atoms with E-state index in [2.05, 4.69) is 15.0 Å². The molecule has 0 saturated carbocycles. The number of rotatable bonds is 11. The van der Waals surface area contributed by atoms with Crippen LogP contribution in [-0.4, -0.2) is 66.6 Å². The molecule has 1 aliphatic rings. The van der Waals surface area contributed by atoms with Crippen LogP contribution in [0.2, 0.25) is 0 Å². The number of nitrogens with one attached hydrogen (secondary N) is 2. The number of sulfonamides is 1. The number of halogens is 1. The minimum atomic E-state index is -3.71. The minimum absolute atomic E-state index is 0.0272. The number of carboxylic acid groups (broad SMARTS) is 1. The summed E-state index contributed by atoms with van der Waals surface area (Å²) in [5.74, 6) is -2.14. The van der Waals surface area contributed by atoms with Crippen LogP contribution < -0.4 is 10.0 Å². The summed E-state index contributed by atoms with van der Waals surface area (Å²) in [6.07, 6.45) is 2.47. The molecule has 1 saturated heterocycles. The number of benzene rings is 1. The van der Waals surface area contributed by atoms with E-state index in [9.17, 15) is 32.3 Å². The van der Waals surface area contributed by atoms with Gasteiger partial charge in [-0.15, -0.1) is 0 Å². The van der Waals surface area contributed by atoms with Gasteiger partial charge >= 0.3 is 5.97 Å². The van der Waals surface area contributed by atoms with Gasteiger partial charge in [0.25, 0.3) is 5.91 Å². The van der Waals surface area contributed by atoms with Crippen molar-refractivity contribution in [3.05, 3.63) is 47.3 Å². The zero-order valence-electron chi connectivity index (χ0n) is 22.2. The van der Waals surface area contributed by atoms with Gasteiger partial charge in [0.15, 0.2) is 0 Å². The van der Waals surface area contributed by atoms with E-state index in [1.54, 1.807) is 6.07 Å². The highest BCUT2D eigenvalue weighted by Gasteiger charge is 2.33. The van der Waals surface area contributed by atoms with Crippen LogP contribution in [-0.2, 0) is 26.0 Å². The van der Waals surface area contributed by atoms with Crippen molar-refractivity contribution >= 4 is 44.7 Å². The summed E-state index contributed by atoms with van der Waals surface area (Å²) in [5, 5.41) is 12.3. The lowest BCUT2D eigenvalue weighted by Gasteiger charge is -2.21. The van der Waals surface area contributed by atoms with Gasteiger partial charge in [-0.3, -0.25) is 14.3 Å². The molecule has 3 aromatic rings. The minimum Gasteiger partial charge on any atom is -0.480 e. The lowest BCUT2D eigenvalue weighted by atomic mass is 10.0. The first kappa shape index (κ1) is 29.0. The second-order valence-electron chi connectivity index (χ2n) is 9.54. The monoisotopic (exact) mass is 574 g/mol. The van der Waals surface area contributed by atoms with Crippen LogP contribution in [0.4, 0.5) is 10.2 Å². The van der Waals surface area contributed by atoms with Gasteiger partial charge in [-0.05, 0) is 74.9 Å². The van der Waals surface area contributed by atoms with E-state index < -0.39 is 33.8 Å². The number of carboxylic acids is 1. The van der Waals surface area contributed by atoms with E-state index in [1.807, 2.05) is 0 Å². The van der Waals surface area contributed by atoms with E-state index in [0.717, 1.165) is 0 Å². The highest BCUT2D eigenvalue weighted by atomic mass is 32.2. The Labute approximate surface area is 230 Å². The van der Waals surface area contributed by atoms with Crippen LogP contribution in [0.25, 0.3) is 22.4 Å². The predicted octanol–water partition coefficient (Wildman–Crippen LogP) is 3.54. The molecule has 1 aromatic carbocycles. The fourth-order valence-corrected chi connectivity index (χ4v) is 5.39. The fraction of sp³-hybridized carbons (Fsp3) is 0.407. The molecule has 0 spiro atoms. The maximum Gasteiger partial charge on any atom is 0.326 e. The standard InChI is InChI=1S/C27H31FN4O7S/c1-3-40(37,38)31-24-17(7-4-5-9-21(33)32-14-6-8-20(32)27(35)36)15-19-22(25(34)29-2)23(39-26(19)30-24)16-10-12-18(28)13-11-16/h10-13,15,20H,3-9,14H2,1-2H3,(H,29,34)(H,30,31)(H,35,36)/t20-/m0/s1. The highest BCUT2D eigenvalue weighted by Crippen LogP contribution is 2.35. The Hall–Kier alpha value is -4.00.